The largest absolute Gasteiger partial charge is 0.508 e. The molecular formula is C52H66ClN9O16. The molecule has 3 aromatic rings. The third-order valence-corrected chi connectivity index (χ3v) is 13.0. The highest BCUT2D eigenvalue weighted by atomic mass is 35.5. The van der Waals surface area contributed by atoms with Gasteiger partial charge in [-0.1, -0.05) is 67.9 Å². The van der Waals surface area contributed by atoms with Crippen molar-refractivity contribution in [2.24, 2.45) is 5.92 Å². The number of carbonyl (C=O) groups excluding carboxylic acids is 10. The van der Waals surface area contributed by atoms with Gasteiger partial charge in [0.2, 0.25) is 41.4 Å². The van der Waals surface area contributed by atoms with Crippen molar-refractivity contribution in [1.82, 2.24) is 46.8 Å². The summed E-state index contributed by atoms with van der Waals surface area (Å²) in [6.07, 6.45) is 0.360. The van der Waals surface area contributed by atoms with Crippen molar-refractivity contribution < 1.29 is 77.6 Å². The van der Waals surface area contributed by atoms with Gasteiger partial charge in [-0.05, 0) is 69.0 Å². The zero-order valence-electron chi connectivity index (χ0n) is 43.9. The molecule has 78 heavy (non-hydrogen) atoms. The number of benzene rings is 2. The third-order valence-electron chi connectivity index (χ3n) is 12.7. The SMILES string of the molecule is CC(=O)CNC(=O)/C=C/C1(CCOCC2NC(=O)C(C(C)O)NC(=O)C(Cc3ccccc3)N(C)C(=O)C(c3ccc(O)cc3)NC(=O)C(C(C)C)NC(=O)C(NC(=O)C(C)NC(=O)c3c(Cl)ccn3O)C(C)OC2=O)CO1. The van der Waals surface area contributed by atoms with Gasteiger partial charge in [-0.3, -0.25) is 43.2 Å². The molecule has 2 saturated heterocycles. The molecule has 10 N–H and O–H groups in total. The Balaban J connectivity index is 1.55. The van der Waals surface area contributed by atoms with Crippen molar-refractivity contribution >= 4 is 70.6 Å². The van der Waals surface area contributed by atoms with Gasteiger partial charge in [-0.15, -0.1) is 0 Å². The summed E-state index contributed by atoms with van der Waals surface area (Å²) in [5.74, 6) is -10.1. The van der Waals surface area contributed by atoms with E-state index >= 15 is 0 Å². The average molecular weight is 1110 g/mol. The highest BCUT2D eigenvalue weighted by Crippen LogP contribution is 2.32. The fraction of sp³-hybridized carbons (Fsp3) is 0.462. The maximum absolute atomic E-state index is 14.9. The predicted octanol–water partition coefficient (Wildman–Crippen LogP) is -0.512. The van der Waals surface area contributed by atoms with Crippen molar-refractivity contribution in [1.29, 1.82) is 0 Å². The van der Waals surface area contributed by atoms with Gasteiger partial charge in [-0.2, -0.15) is 4.73 Å². The van der Waals surface area contributed by atoms with E-state index in [0.29, 0.717) is 10.3 Å². The number of nitrogens with zero attached hydrogens (tertiary/aromatic N) is 2. The number of hydrogen-bond acceptors (Lipinski definition) is 16. The fourth-order valence-corrected chi connectivity index (χ4v) is 8.19. The first-order chi connectivity index (χ1) is 36.8. The second kappa shape index (κ2) is 27.4. The number of Topliss-reactive ketones (excluding diaryl/α,β-unsaturated/α-hetero) is 1. The lowest BCUT2D eigenvalue weighted by molar-refractivity contribution is -0.158. The zero-order chi connectivity index (χ0) is 57.6. The van der Waals surface area contributed by atoms with Crippen LogP contribution in [-0.2, 0) is 63.8 Å². The fourth-order valence-electron chi connectivity index (χ4n) is 7.96. The van der Waals surface area contributed by atoms with E-state index < -0.39 is 132 Å². The van der Waals surface area contributed by atoms with Crippen LogP contribution in [-0.4, -0.2) is 172 Å². The maximum atomic E-state index is 14.9. The molecule has 0 saturated carbocycles. The number of rotatable bonds is 18. The Morgan fingerprint density at radius 1 is 0.897 bits per heavy atom. The number of epoxide rings is 1. The summed E-state index contributed by atoms with van der Waals surface area (Å²) in [5.41, 5.74) is -0.682. The van der Waals surface area contributed by atoms with Crippen LogP contribution in [0.15, 0.2) is 79.0 Å². The summed E-state index contributed by atoms with van der Waals surface area (Å²) >= 11 is 6.07. The van der Waals surface area contributed by atoms with E-state index in [-0.39, 0.29) is 54.7 Å². The van der Waals surface area contributed by atoms with Gasteiger partial charge in [0, 0.05) is 38.8 Å². The van der Waals surface area contributed by atoms with Crippen LogP contribution in [0.5, 0.6) is 5.75 Å². The number of hydrogen-bond donors (Lipinski definition) is 10. The van der Waals surface area contributed by atoms with Crippen molar-refractivity contribution in [3.8, 4) is 5.75 Å². The lowest BCUT2D eigenvalue weighted by Gasteiger charge is -2.33. The number of aromatic nitrogens is 1. The molecule has 3 heterocycles. The summed E-state index contributed by atoms with van der Waals surface area (Å²) in [7, 11) is 1.28. The highest BCUT2D eigenvalue weighted by molar-refractivity contribution is 6.33. The average Bonchev–Trinajstić information content (AvgIpc) is 4.10. The number of aliphatic hydroxyl groups is 1. The van der Waals surface area contributed by atoms with Gasteiger partial charge >= 0.3 is 5.97 Å². The van der Waals surface area contributed by atoms with E-state index in [9.17, 15) is 63.4 Å². The zero-order valence-corrected chi connectivity index (χ0v) is 44.7. The van der Waals surface area contributed by atoms with Crippen molar-refractivity contribution in [3.63, 3.8) is 0 Å². The Hall–Kier alpha value is -7.87. The molecule has 0 radical (unpaired) electrons. The van der Waals surface area contributed by atoms with Crippen molar-refractivity contribution in [2.45, 2.75) is 114 Å². The van der Waals surface area contributed by atoms with Crippen LogP contribution in [0, 0.1) is 5.92 Å². The lowest BCUT2D eigenvalue weighted by atomic mass is 9.98. The number of esters is 1. The van der Waals surface area contributed by atoms with Crippen molar-refractivity contribution in [3.05, 3.63) is 101 Å². The van der Waals surface area contributed by atoms with E-state index in [1.165, 1.54) is 77.2 Å². The number of nitrogens with one attached hydrogen (secondary N) is 7. The van der Waals surface area contributed by atoms with E-state index in [1.807, 2.05) is 0 Å². The van der Waals surface area contributed by atoms with E-state index in [4.69, 9.17) is 25.8 Å². The molecule has 2 aliphatic heterocycles. The molecule has 10 atom stereocenters. The Labute approximate surface area is 454 Å². The van der Waals surface area contributed by atoms with Crippen LogP contribution >= 0.6 is 11.6 Å². The first-order valence-electron chi connectivity index (χ1n) is 24.9. The van der Waals surface area contributed by atoms with Crippen LogP contribution in [0.3, 0.4) is 0 Å². The number of aliphatic hydroxyl groups excluding tert-OH is 1. The third kappa shape index (κ3) is 16.8. The smallest absolute Gasteiger partial charge is 0.331 e. The summed E-state index contributed by atoms with van der Waals surface area (Å²) in [6.45, 7) is 7.23. The number of halogens is 1. The summed E-state index contributed by atoms with van der Waals surface area (Å²) in [4.78, 5) is 139. The molecule has 0 aliphatic carbocycles. The number of aromatic hydroxyl groups is 1. The standard InChI is InChI=1S/C52H66ClN9O16/c1-27(2)39-46(69)60-42(33-13-15-34(65)16-14-33)50(73)61(7)37(23-32-11-9-8-10-12-32)45(68)58-40(30(5)64)47(70)56-36(25-76-22-20-52(26-77-52)19-17-38(66)54-24-28(3)63)51(74)78-31(6)41(48(71)57-39)59-44(67)29(4)55-49(72)43-35(53)18-21-62(43)75/h8-19,21,27,29-31,36-37,39-42,64-65,75H,20,22-26H2,1-7H3,(H,54,66)(H,55,72)(H,56,70)(H,57,71)(H,58,68)(H,59,67)(H,60,69)/b19-17+. The molecule has 2 aromatic carbocycles. The number of carbonyl (C=O) groups is 10. The summed E-state index contributed by atoms with van der Waals surface area (Å²) < 4.78 is 17.6. The number of ether oxygens (including phenoxy) is 3. The molecule has 5 rings (SSSR count). The molecule has 0 spiro atoms. The molecule has 1 aromatic heterocycles. The number of phenolic OH excluding ortho intramolecular Hbond substituents is 1. The van der Waals surface area contributed by atoms with Gasteiger partial charge in [-0.25, -0.2) is 4.79 Å². The Morgan fingerprint density at radius 2 is 1.54 bits per heavy atom. The normalized spacial score (nSPS) is 24.5. The Bertz CT molecular complexity index is 2690. The minimum Gasteiger partial charge on any atom is -0.508 e. The molecular weight excluding hydrogens is 1040 g/mol. The second-order valence-corrected chi connectivity index (χ2v) is 19.7. The van der Waals surface area contributed by atoms with Crippen molar-refractivity contribution in [2.75, 3.05) is 33.4 Å². The van der Waals surface area contributed by atoms with Gasteiger partial charge < -0.3 is 71.7 Å². The molecule has 8 amide bonds. The second-order valence-electron chi connectivity index (χ2n) is 19.3. The van der Waals surface area contributed by atoms with Gasteiger partial charge in [0.05, 0.1) is 30.9 Å². The molecule has 2 fully saturated rings. The van der Waals surface area contributed by atoms with E-state index in [1.54, 1.807) is 44.2 Å². The van der Waals surface area contributed by atoms with Crippen LogP contribution in [0.1, 0.15) is 75.6 Å². The molecule has 422 valence electrons. The number of ketones is 1. The summed E-state index contributed by atoms with van der Waals surface area (Å²) in [6, 6.07) is 3.40. The monoisotopic (exact) mass is 1110 g/mol. The maximum Gasteiger partial charge on any atom is 0.331 e. The van der Waals surface area contributed by atoms with Gasteiger partial charge in [0.1, 0.15) is 59.5 Å². The number of phenols is 1. The Morgan fingerprint density at radius 3 is 2.13 bits per heavy atom. The van der Waals surface area contributed by atoms with E-state index in [2.05, 4.69) is 37.2 Å². The van der Waals surface area contributed by atoms with Crippen LogP contribution in [0.25, 0.3) is 0 Å². The minimum atomic E-state index is -1.89. The number of likely N-dealkylation sites (N-methyl/N-ethyl adjacent to an activating group) is 1. The quantitative estimate of drug-likeness (QED) is 0.0252. The highest BCUT2D eigenvalue weighted by Gasteiger charge is 2.43. The van der Waals surface area contributed by atoms with Crippen LogP contribution < -0.4 is 37.2 Å². The molecule has 2 aliphatic rings. The molecule has 26 heteroatoms. The first kappa shape index (κ1) is 61.0. The van der Waals surface area contributed by atoms with Gasteiger partial charge in [0.15, 0.2) is 11.7 Å². The first-order valence-corrected chi connectivity index (χ1v) is 25.2. The van der Waals surface area contributed by atoms with Crippen LogP contribution in [0.4, 0.5) is 0 Å². The predicted molar refractivity (Wildman–Crippen MR) is 276 cm³/mol. The molecule has 0 bridgehead atoms. The van der Waals surface area contributed by atoms with Gasteiger partial charge in [0.25, 0.3) is 5.91 Å². The minimum absolute atomic E-state index is 0.120. The molecule has 10 unspecified atom stereocenters. The topological polar surface area (TPSA) is 355 Å². The molecule has 25 nitrogen and oxygen atoms in total. The number of cyclic esters (lactones) is 1. The lowest BCUT2D eigenvalue weighted by Crippen LogP contribution is -2.61. The number of amides is 8. The summed E-state index contributed by atoms with van der Waals surface area (Å²) in [5, 5.41) is 48.6. The van der Waals surface area contributed by atoms with E-state index in [0.717, 1.165) is 11.1 Å². The Kier molecular flexibility index (Phi) is 21.5. The van der Waals surface area contributed by atoms with Crippen LogP contribution in [0.2, 0.25) is 5.02 Å².